The summed E-state index contributed by atoms with van der Waals surface area (Å²) in [5.74, 6) is 1.75. The van der Waals surface area contributed by atoms with E-state index in [1.807, 2.05) is 26.0 Å². The van der Waals surface area contributed by atoms with E-state index in [1.54, 1.807) is 0 Å². The van der Waals surface area contributed by atoms with Crippen LogP contribution in [0.15, 0.2) is 12.1 Å². The molecule has 1 heterocycles. The highest BCUT2D eigenvalue weighted by Gasteiger charge is 2.14. The highest BCUT2D eigenvalue weighted by Crippen LogP contribution is 2.33. The standard InChI is InChI=1S/C15H21NO3/c1-10(2)15(17)16-5-4-12-9-14-13(8-11(12)3)18-6-7-19-14/h8-10H,4-7H2,1-3H3,(H,16,17). The van der Waals surface area contributed by atoms with E-state index in [4.69, 9.17) is 9.47 Å². The van der Waals surface area contributed by atoms with Gasteiger partial charge in [0.15, 0.2) is 11.5 Å². The Morgan fingerprint density at radius 1 is 1.26 bits per heavy atom. The topological polar surface area (TPSA) is 47.6 Å². The van der Waals surface area contributed by atoms with Gasteiger partial charge in [0.25, 0.3) is 0 Å². The molecule has 4 heteroatoms. The minimum absolute atomic E-state index is 0.0290. The first-order valence-electron chi connectivity index (χ1n) is 6.74. The molecule has 104 valence electrons. The van der Waals surface area contributed by atoms with Crippen molar-refractivity contribution in [3.05, 3.63) is 23.3 Å². The summed E-state index contributed by atoms with van der Waals surface area (Å²) in [4.78, 5) is 11.5. The van der Waals surface area contributed by atoms with Gasteiger partial charge in [-0.3, -0.25) is 4.79 Å². The molecule has 4 nitrogen and oxygen atoms in total. The minimum atomic E-state index is 0.0290. The number of fused-ring (bicyclic) bond motifs is 1. The molecule has 19 heavy (non-hydrogen) atoms. The number of amides is 1. The molecule has 0 saturated heterocycles. The molecule has 0 unspecified atom stereocenters. The Labute approximate surface area is 114 Å². The molecule has 2 rings (SSSR count). The first-order valence-corrected chi connectivity index (χ1v) is 6.74. The van der Waals surface area contributed by atoms with E-state index >= 15 is 0 Å². The molecule has 0 saturated carbocycles. The zero-order chi connectivity index (χ0) is 13.8. The van der Waals surface area contributed by atoms with Crippen molar-refractivity contribution in [2.45, 2.75) is 27.2 Å². The lowest BCUT2D eigenvalue weighted by atomic mass is 10.0. The molecule has 1 amide bonds. The number of rotatable bonds is 4. The third-order valence-corrected chi connectivity index (χ3v) is 3.22. The Kier molecular flexibility index (Phi) is 4.30. The zero-order valence-corrected chi connectivity index (χ0v) is 11.8. The van der Waals surface area contributed by atoms with Gasteiger partial charge in [0, 0.05) is 12.5 Å². The minimum Gasteiger partial charge on any atom is -0.486 e. The van der Waals surface area contributed by atoms with Gasteiger partial charge in [-0.15, -0.1) is 0 Å². The van der Waals surface area contributed by atoms with Crippen LogP contribution in [0.5, 0.6) is 11.5 Å². The molecule has 0 spiro atoms. The van der Waals surface area contributed by atoms with Gasteiger partial charge in [-0.2, -0.15) is 0 Å². The number of hydrogen-bond acceptors (Lipinski definition) is 3. The molecule has 0 aliphatic carbocycles. The van der Waals surface area contributed by atoms with Crippen molar-refractivity contribution in [1.29, 1.82) is 0 Å². The Bertz CT molecular complexity index is 469. The maximum Gasteiger partial charge on any atom is 0.222 e. The van der Waals surface area contributed by atoms with Gasteiger partial charge in [0.2, 0.25) is 5.91 Å². The third-order valence-electron chi connectivity index (χ3n) is 3.22. The summed E-state index contributed by atoms with van der Waals surface area (Å²) in [6.07, 6.45) is 0.806. The summed E-state index contributed by atoms with van der Waals surface area (Å²) in [5.41, 5.74) is 2.36. The van der Waals surface area contributed by atoms with Crippen LogP contribution in [0.25, 0.3) is 0 Å². The summed E-state index contributed by atoms with van der Waals surface area (Å²) in [6.45, 7) is 7.69. The number of aryl methyl sites for hydroxylation is 1. The predicted octanol–water partition coefficient (Wildman–Crippen LogP) is 2.08. The van der Waals surface area contributed by atoms with Crippen LogP contribution in [0.3, 0.4) is 0 Å². The number of carbonyl (C=O) groups excluding carboxylic acids is 1. The van der Waals surface area contributed by atoms with E-state index in [0.717, 1.165) is 17.9 Å². The number of hydrogen-bond donors (Lipinski definition) is 1. The number of carbonyl (C=O) groups is 1. The molecule has 1 N–H and O–H groups in total. The van der Waals surface area contributed by atoms with Crippen molar-refractivity contribution in [2.75, 3.05) is 19.8 Å². The molecule has 0 bridgehead atoms. The van der Waals surface area contributed by atoms with Crippen LogP contribution < -0.4 is 14.8 Å². The largest absolute Gasteiger partial charge is 0.486 e. The number of ether oxygens (including phenoxy) is 2. The third kappa shape index (κ3) is 3.40. The second-order valence-electron chi connectivity index (χ2n) is 5.12. The molecule has 1 aromatic carbocycles. The Morgan fingerprint density at radius 2 is 1.89 bits per heavy atom. The second-order valence-corrected chi connectivity index (χ2v) is 5.12. The summed E-state index contributed by atoms with van der Waals surface area (Å²) >= 11 is 0. The average molecular weight is 263 g/mol. The van der Waals surface area contributed by atoms with Crippen molar-refractivity contribution < 1.29 is 14.3 Å². The van der Waals surface area contributed by atoms with Crippen molar-refractivity contribution >= 4 is 5.91 Å². The highest BCUT2D eigenvalue weighted by molar-refractivity contribution is 5.77. The van der Waals surface area contributed by atoms with Gasteiger partial charge >= 0.3 is 0 Å². The van der Waals surface area contributed by atoms with Gasteiger partial charge < -0.3 is 14.8 Å². The lowest BCUT2D eigenvalue weighted by Gasteiger charge is -2.20. The molecular weight excluding hydrogens is 242 g/mol. The average Bonchev–Trinajstić information content (AvgIpc) is 2.39. The van der Waals surface area contributed by atoms with E-state index in [-0.39, 0.29) is 11.8 Å². The number of benzene rings is 1. The van der Waals surface area contributed by atoms with Crippen LogP contribution in [-0.2, 0) is 11.2 Å². The summed E-state index contributed by atoms with van der Waals surface area (Å²) in [5, 5.41) is 2.93. The van der Waals surface area contributed by atoms with E-state index in [0.29, 0.717) is 19.8 Å². The van der Waals surface area contributed by atoms with Crippen LogP contribution in [0, 0.1) is 12.8 Å². The molecule has 0 fully saturated rings. The molecule has 1 aliphatic heterocycles. The summed E-state index contributed by atoms with van der Waals surface area (Å²) in [6, 6.07) is 4.03. The Hall–Kier alpha value is -1.71. The van der Waals surface area contributed by atoms with Crippen LogP contribution >= 0.6 is 0 Å². The van der Waals surface area contributed by atoms with E-state index in [1.165, 1.54) is 11.1 Å². The lowest BCUT2D eigenvalue weighted by molar-refractivity contribution is -0.123. The summed E-state index contributed by atoms with van der Waals surface area (Å²) in [7, 11) is 0. The van der Waals surface area contributed by atoms with Gasteiger partial charge in [0.1, 0.15) is 13.2 Å². The van der Waals surface area contributed by atoms with Crippen molar-refractivity contribution in [3.63, 3.8) is 0 Å². The van der Waals surface area contributed by atoms with Gasteiger partial charge in [0.05, 0.1) is 0 Å². The van der Waals surface area contributed by atoms with Gasteiger partial charge in [-0.1, -0.05) is 13.8 Å². The van der Waals surface area contributed by atoms with E-state index < -0.39 is 0 Å². The fourth-order valence-electron chi connectivity index (χ4n) is 2.03. The molecule has 1 aliphatic rings. The Balaban J connectivity index is 1.98. The van der Waals surface area contributed by atoms with Gasteiger partial charge in [-0.05, 0) is 36.6 Å². The number of nitrogens with one attached hydrogen (secondary N) is 1. The van der Waals surface area contributed by atoms with Crippen LogP contribution in [0.4, 0.5) is 0 Å². The maximum absolute atomic E-state index is 11.5. The second kappa shape index (κ2) is 5.95. The molecular formula is C15H21NO3. The zero-order valence-electron chi connectivity index (χ0n) is 11.8. The van der Waals surface area contributed by atoms with Crippen LogP contribution in [-0.4, -0.2) is 25.7 Å². The Morgan fingerprint density at radius 3 is 2.53 bits per heavy atom. The van der Waals surface area contributed by atoms with Crippen LogP contribution in [0.2, 0.25) is 0 Å². The lowest BCUT2D eigenvalue weighted by Crippen LogP contribution is -2.29. The van der Waals surface area contributed by atoms with Crippen molar-refractivity contribution in [1.82, 2.24) is 5.32 Å². The smallest absolute Gasteiger partial charge is 0.222 e. The fourth-order valence-corrected chi connectivity index (χ4v) is 2.03. The van der Waals surface area contributed by atoms with Crippen molar-refractivity contribution in [3.8, 4) is 11.5 Å². The van der Waals surface area contributed by atoms with Gasteiger partial charge in [-0.25, -0.2) is 0 Å². The molecule has 0 atom stereocenters. The van der Waals surface area contributed by atoms with Crippen molar-refractivity contribution in [2.24, 2.45) is 5.92 Å². The molecule has 1 aromatic rings. The van der Waals surface area contributed by atoms with E-state index in [9.17, 15) is 4.79 Å². The molecule has 0 aromatic heterocycles. The summed E-state index contributed by atoms with van der Waals surface area (Å²) < 4.78 is 11.1. The quantitative estimate of drug-likeness (QED) is 0.904. The predicted molar refractivity (Wildman–Crippen MR) is 73.7 cm³/mol. The normalized spacial score (nSPS) is 13.5. The molecule has 0 radical (unpaired) electrons. The fraction of sp³-hybridized carbons (Fsp3) is 0.533. The maximum atomic E-state index is 11.5. The van der Waals surface area contributed by atoms with E-state index in [2.05, 4.69) is 12.2 Å². The SMILES string of the molecule is Cc1cc2c(cc1CCNC(=O)C(C)C)OCCO2. The highest BCUT2D eigenvalue weighted by atomic mass is 16.6. The van der Waals surface area contributed by atoms with Crippen LogP contribution in [0.1, 0.15) is 25.0 Å². The first kappa shape index (κ1) is 13.7. The monoisotopic (exact) mass is 263 g/mol. The first-order chi connectivity index (χ1) is 9.08.